The van der Waals surface area contributed by atoms with Gasteiger partial charge in [0, 0.05) is 0 Å². The summed E-state index contributed by atoms with van der Waals surface area (Å²) in [5.74, 6) is -0.406. The van der Waals surface area contributed by atoms with Crippen LogP contribution >= 0.6 is 0 Å². The average molecular weight is 304 g/mol. The first-order chi connectivity index (χ1) is 10.4. The molecule has 1 heterocycles. The van der Waals surface area contributed by atoms with Crippen LogP contribution in [0.4, 0.5) is 4.79 Å². The van der Waals surface area contributed by atoms with Crippen LogP contribution in [0.1, 0.15) is 19.4 Å². The van der Waals surface area contributed by atoms with E-state index < -0.39 is 17.9 Å². The van der Waals surface area contributed by atoms with Gasteiger partial charge in [0.05, 0.1) is 6.10 Å². The third-order valence-corrected chi connectivity index (χ3v) is 2.63. The molecule has 0 bridgehead atoms. The summed E-state index contributed by atoms with van der Waals surface area (Å²) in [5.41, 5.74) is 0.892. The number of hydrogen-bond donors (Lipinski definition) is 2. The molecule has 1 aliphatic rings. The Bertz CT molecular complexity index is 619. The van der Waals surface area contributed by atoms with Crippen LogP contribution in [0.5, 0.6) is 5.75 Å². The number of hydrogen-bond acceptors (Lipinski definition) is 5. The topological polar surface area (TPSA) is 93.7 Å². The van der Waals surface area contributed by atoms with E-state index in [1.54, 1.807) is 38.1 Å². The van der Waals surface area contributed by atoms with Crippen molar-refractivity contribution in [1.82, 2.24) is 10.6 Å². The number of nitrogens with one attached hydrogen (secondary N) is 2. The largest absolute Gasteiger partial charge is 0.482 e. The van der Waals surface area contributed by atoms with Crippen molar-refractivity contribution in [2.75, 3.05) is 6.61 Å². The molecular weight excluding hydrogens is 288 g/mol. The molecule has 0 aliphatic carbocycles. The lowest BCUT2D eigenvalue weighted by Crippen LogP contribution is -2.22. The van der Waals surface area contributed by atoms with Crippen molar-refractivity contribution in [3.63, 3.8) is 0 Å². The van der Waals surface area contributed by atoms with Gasteiger partial charge >= 0.3 is 12.0 Å². The first kappa shape index (κ1) is 15.6. The zero-order chi connectivity index (χ0) is 16.1. The maximum absolute atomic E-state index is 11.4. The number of imide groups is 1. The second-order valence-electron chi connectivity index (χ2n) is 4.86. The lowest BCUT2D eigenvalue weighted by molar-refractivity contribution is -0.149. The molecule has 1 fully saturated rings. The standard InChI is InChI=1S/C15H16N2O5/c1-9(2)22-13(18)8-21-11-5-3-10(4-6-11)7-12-14(19)17-15(20)16-12/h3-7,9H,8H2,1-2H3,(H2,16,17,19,20)/b12-7+. The van der Waals surface area contributed by atoms with Crippen molar-refractivity contribution >= 4 is 24.0 Å². The number of ether oxygens (including phenoxy) is 2. The normalized spacial score (nSPS) is 15.7. The Labute approximate surface area is 127 Å². The Morgan fingerprint density at radius 1 is 1.18 bits per heavy atom. The highest BCUT2D eigenvalue weighted by Crippen LogP contribution is 2.15. The second kappa shape index (κ2) is 6.75. The molecule has 0 aromatic heterocycles. The number of carbonyl (C=O) groups is 3. The molecule has 0 saturated carbocycles. The average Bonchev–Trinajstić information content (AvgIpc) is 2.75. The van der Waals surface area contributed by atoms with Crippen LogP contribution < -0.4 is 15.4 Å². The number of benzene rings is 1. The van der Waals surface area contributed by atoms with Crippen molar-refractivity contribution in [3.05, 3.63) is 35.5 Å². The van der Waals surface area contributed by atoms with Gasteiger partial charge in [-0.15, -0.1) is 0 Å². The first-order valence-corrected chi connectivity index (χ1v) is 6.70. The second-order valence-corrected chi connectivity index (χ2v) is 4.86. The lowest BCUT2D eigenvalue weighted by atomic mass is 10.2. The van der Waals surface area contributed by atoms with Gasteiger partial charge in [0.15, 0.2) is 6.61 Å². The predicted molar refractivity (Wildman–Crippen MR) is 77.8 cm³/mol. The molecular formula is C15H16N2O5. The van der Waals surface area contributed by atoms with Crippen molar-refractivity contribution in [3.8, 4) is 5.75 Å². The lowest BCUT2D eigenvalue weighted by Gasteiger charge is -2.09. The van der Waals surface area contributed by atoms with Gasteiger partial charge in [0.1, 0.15) is 11.4 Å². The Hall–Kier alpha value is -2.83. The van der Waals surface area contributed by atoms with Crippen LogP contribution in [0.15, 0.2) is 30.0 Å². The van der Waals surface area contributed by atoms with Gasteiger partial charge in [-0.2, -0.15) is 0 Å². The van der Waals surface area contributed by atoms with E-state index in [1.807, 2.05) is 0 Å². The van der Waals surface area contributed by atoms with E-state index in [4.69, 9.17) is 9.47 Å². The molecule has 22 heavy (non-hydrogen) atoms. The smallest absolute Gasteiger partial charge is 0.344 e. The van der Waals surface area contributed by atoms with Crippen molar-refractivity contribution in [2.45, 2.75) is 20.0 Å². The number of amides is 3. The minimum absolute atomic E-state index is 0.170. The zero-order valence-electron chi connectivity index (χ0n) is 12.2. The highest BCUT2D eigenvalue weighted by molar-refractivity contribution is 6.13. The van der Waals surface area contributed by atoms with Crippen molar-refractivity contribution in [1.29, 1.82) is 0 Å². The minimum atomic E-state index is -0.542. The van der Waals surface area contributed by atoms with E-state index in [1.165, 1.54) is 6.08 Å². The van der Waals surface area contributed by atoms with Gasteiger partial charge in [0.25, 0.3) is 5.91 Å². The minimum Gasteiger partial charge on any atom is -0.482 e. The summed E-state index contributed by atoms with van der Waals surface area (Å²) in [7, 11) is 0. The van der Waals surface area contributed by atoms with Crippen LogP contribution in [0.2, 0.25) is 0 Å². The summed E-state index contributed by atoms with van der Waals surface area (Å²) < 4.78 is 10.2. The molecule has 1 aromatic rings. The Morgan fingerprint density at radius 2 is 1.86 bits per heavy atom. The number of urea groups is 1. The van der Waals surface area contributed by atoms with Crippen LogP contribution in [-0.4, -0.2) is 30.6 Å². The van der Waals surface area contributed by atoms with Crippen LogP contribution in [0.3, 0.4) is 0 Å². The van der Waals surface area contributed by atoms with E-state index in [-0.39, 0.29) is 18.4 Å². The van der Waals surface area contributed by atoms with Gasteiger partial charge < -0.3 is 14.8 Å². The van der Waals surface area contributed by atoms with E-state index >= 15 is 0 Å². The molecule has 7 heteroatoms. The van der Waals surface area contributed by atoms with E-state index in [9.17, 15) is 14.4 Å². The Balaban J connectivity index is 1.93. The van der Waals surface area contributed by atoms with Gasteiger partial charge in [0.2, 0.25) is 0 Å². The fourth-order valence-electron chi connectivity index (χ4n) is 1.75. The van der Waals surface area contributed by atoms with Crippen LogP contribution in [0.25, 0.3) is 6.08 Å². The summed E-state index contributed by atoms with van der Waals surface area (Å²) in [5, 5.41) is 4.51. The maximum Gasteiger partial charge on any atom is 0.344 e. The molecule has 0 spiro atoms. The highest BCUT2D eigenvalue weighted by Gasteiger charge is 2.22. The molecule has 0 unspecified atom stereocenters. The van der Waals surface area contributed by atoms with E-state index in [2.05, 4.69) is 10.6 Å². The molecule has 1 aliphatic heterocycles. The van der Waals surface area contributed by atoms with Gasteiger partial charge in [-0.1, -0.05) is 12.1 Å². The molecule has 0 radical (unpaired) electrons. The summed E-state index contributed by atoms with van der Waals surface area (Å²) in [6, 6.07) is 6.18. The Morgan fingerprint density at radius 3 is 2.41 bits per heavy atom. The quantitative estimate of drug-likeness (QED) is 0.484. The molecule has 1 saturated heterocycles. The summed E-state index contributed by atoms with van der Waals surface area (Å²) in [6.07, 6.45) is 1.36. The predicted octanol–water partition coefficient (Wildman–Crippen LogP) is 1.20. The fourth-order valence-corrected chi connectivity index (χ4v) is 1.75. The summed E-state index contributed by atoms with van der Waals surface area (Å²) in [4.78, 5) is 33.7. The van der Waals surface area contributed by atoms with Crippen LogP contribution in [-0.2, 0) is 14.3 Å². The molecule has 0 atom stereocenters. The summed E-state index contributed by atoms with van der Waals surface area (Å²) in [6.45, 7) is 3.35. The van der Waals surface area contributed by atoms with Gasteiger partial charge in [-0.3, -0.25) is 10.1 Å². The molecule has 2 N–H and O–H groups in total. The van der Waals surface area contributed by atoms with E-state index in [0.717, 1.165) is 0 Å². The molecule has 1 aromatic carbocycles. The zero-order valence-corrected chi connectivity index (χ0v) is 12.2. The van der Waals surface area contributed by atoms with Crippen LogP contribution in [0, 0.1) is 0 Å². The van der Waals surface area contributed by atoms with Gasteiger partial charge in [-0.05, 0) is 37.6 Å². The van der Waals surface area contributed by atoms with Gasteiger partial charge in [-0.25, -0.2) is 9.59 Å². The third kappa shape index (κ3) is 4.34. The number of carbonyl (C=O) groups excluding carboxylic acids is 3. The highest BCUT2D eigenvalue weighted by atomic mass is 16.6. The number of rotatable bonds is 5. The monoisotopic (exact) mass is 304 g/mol. The van der Waals surface area contributed by atoms with Crippen molar-refractivity contribution < 1.29 is 23.9 Å². The Kier molecular flexibility index (Phi) is 4.77. The fraction of sp³-hybridized carbons (Fsp3) is 0.267. The van der Waals surface area contributed by atoms with Crippen molar-refractivity contribution in [2.24, 2.45) is 0 Å². The first-order valence-electron chi connectivity index (χ1n) is 6.70. The molecule has 3 amide bonds. The molecule has 2 rings (SSSR count). The summed E-state index contributed by atoms with van der Waals surface area (Å²) >= 11 is 0. The number of esters is 1. The van der Waals surface area contributed by atoms with E-state index in [0.29, 0.717) is 11.3 Å². The SMILES string of the molecule is CC(C)OC(=O)COc1ccc(/C=C2/NC(=O)NC2=O)cc1. The third-order valence-electron chi connectivity index (χ3n) is 2.63. The molecule has 116 valence electrons. The molecule has 7 nitrogen and oxygen atoms in total. The maximum atomic E-state index is 11.4.